The number of aliphatic imine (C=N–C) groups is 1. The molecular formula is C9H18N4O. The molecule has 1 fully saturated rings. The summed E-state index contributed by atoms with van der Waals surface area (Å²) in [6.45, 7) is 5.65. The molecule has 1 aliphatic heterocycles. The van der Waals surface area contributed by atoms with Crippen molar-refractivity contribution in [2.24, 2.45) is 16.6 Å². The second-order valence-corrected chi connectivity index (χ2v) is 3.62. The Balaban J connectivity index is 2.45. The molecule has 0 aromatic rings. The van der Waals surface area contributed by atoms with Crippen LogP contribution < -0.4 is 11.2 Å². The van der Waals surface area contributed by atoms with Gasteiger partial charge in [0.2, 0.25) is 5.91 Å². The van der Waals surface area contributed by atoms with Gasteiger partial charge in [-0.15, -0.1) is 0 Å². The van der Waals surface area contributed by atoms with Gasteiger partial charge in [-0.1, -0.05) is 13.8 Å². The first kappa shape index (κ1) is 11.0. The van der Waals surface area contributed by atoms with Crippen LogP contribution in [0.1, 0.15) is 20.3 Å². The molecule has 1 saturated heterocycles. The van der Waals surface area contributed by atoms with Crippen molar-refractivity contribution in [2.75, 3.05) is 19.6 Å². The van der Waals surface area contributed by atoms with E-state index in [1.165, 1.54) is 0 Å². The van der Waals surface area contributed by atoms with Gasteiger partial charge in [0.05, 0.1) is 6.54 Å². The lowest BCUT2D eigenvalue weighted by Crippen LogP contribution is -2.41. The van der Waals surface area contributed by atoms with Gasteiger partial charge in [0.1, 0.15) is 5.84 Å². The number of nitrogens with zero attached hydrogens (tertiary/aromatic N) is 2. The first-order valence-electron chi connectivity index (χ1n) is 4.96. The van der Waals surface area contributed by atoms with Crippen LogP contribution in [-0.4, -0.2) is 36.4 Å². The monoisotopic (exact) mass is 198 g/mol. The number of nitrogens with one attached hydrogen (secondary N) is 1. The summed E-state index contributed by atoms with van der Waals surface area (Å²) in [5.41, 5.74) is 8.32. The molecule has 80 valence electrons. The van der Waals surface area contributed by atoms with Crippen molar-refractivity contribution >= 4 is 11.7 Å². The molecule has 1 amide bonds. The zero-order valence-electron chi connectivity index (χ0n) is 8.79. The average molecular weight is 198 g/mol. The van der Waals surface area contributed by atoms with Gasteiger partial charge in [-0.05, 0) is 0 Å². The number of amidine groups is 1. The highest BCUT2D eigenvalue weighted by atomic mass is 16.2. The Bertz CT molecular complexity index is 237. The van der Waals surface area contributed by atoms with Crippen LogP contribution in [0.3, 0.4) is 0 Å². The molecule has 0 bridgehead atoms. The lowest BCUT2D eigenvalue weighted by atomic mass is 10.2. The molecule has 0 aliphatic carbocycles. The van der Waals surface area contributed by atoms with Crippen LogP contribution in [0.5, 0.6) is 0 Å². The van der Waals surface area contributed by atoms with Crippen molar-refractivity contribution in [3.8, 4) is 0 Å². The number of hydrogen-bond acceptors (Lipinski definition) is 3. The lowest BCUT2D eigenvalue weighted by Gasteiger charge is -2.17. The Kier molecular flexibility index (Phi) is 3.88. The molecule has 1 heterocycles. The van der Waals surface area contributed by atoms with Gasteiger partial charge >= 0.3 is 0 Å². The predicted molar refractivity (Wildman–Crippen MR) is 55.7 cm³/mol. The number of hydrogen-bond donors (Lipinski definition) is 2. The summed E-state index contributed by atoms with van der Waals surface area (Å²) in [6, 6.07) is 0. The Labute approximate surface area is 84.3 Å². The molecule has 0 spiro atoms. The number of rotatable bonds is 3. The van der Waals surface area contributed by atoms with E-state index < -0.39 is 0 Å². The summed E-state index contributed by atoms with van der Waals surface area (Å²) >= 11 is 0. The van der Waals surface area contributed by atoms with Crippen molar-refractivity contribution in [1.29, 1.82) is 0 Å². The van der Waals surface area contributed by atoms with Crippen molar-refractivity contribution in [3.63, 3.8) is 0 Å². The van der Waals surface area contributed by atoms with Gasteiger partial charge in [0.25, 0.3) is 0 Å². The first-order valence-corrected chi connectivity index (χ1v) is 4.96. The Morgan fingerprint density at radius 1 is 1.71 bits per heavy atom. The van der Waals surface area contributed by atoms with Crippen LogP contribution >= 0.6 is 0 Å². The fourth-order valence-electron chi connectivity index (χ4n) is 1.28. The third-order valence-corrected chi connectivity index (χ3v) is 2.03. The van der Waals surface area contributed by atoms with Gasteiger partial charge in [-0.2, -0.15) is 0 Å². The van der Waals surface area contributed by atoms with Crippen LogP contribution in [0.25, 0.3) is 0 Å². The molecule has 0 radical (unpaired) electrons. The molecule has 14 heavy (non-hydrogen) atoms. The summed E-state index contributed by atoms with van der Waals surface area (Å²) in [6.07, 6.45) is 0.804. The quantitative estimate of drug-likeness (QED) is 0.656. The van der Waals surface area contributed by atoms with Crippen molar-refractivity contribution < 1.29 is 4.79 Å². The minimum Gasteiger partial charge on any atom is -0.329 e. The molecule has 5 heteroatoms. The molecule has 0 saturated carbocycles. The lowest BCUT2D eigenvalue weighted by molar-refractivity contribution is -0.135. The van der Waals surface area contributed by atoms with E-state index in [2.05, 4.69) is 10.4 Å². The highest BCUT2D eigenvalue weighted by Crippen LogP contribution is 2.05. The zero-order valence-corrected chi connectivity index (χ0v) is 8.79. The highest BCUT2D eigenvalue weighted by Gasteiger charge is 2.23. The summed E-state index contributed by atoms with van der Waals surface area (Å²) in [4.78, 5) is 15.8. The van der Waals surface area contributed by atoms with E-state index in [1.54, 1.807) is 5.01 Å². The Morgan fingerprint density at radius 2 is 2.43 bits per heavy atom. The maximum absolute atomic E-state index is 11.5. The second-order valence-electron chi connectivity index (χ2n) is 3.62. The standard InChI is InChI=1S/C9H18N4O/c1-7(2)9(14)13-6-3-8(12-13)11-5-4-10/h7H,3-6,10H2,1-2H3,(H,11,12). The van der Waals surface area contributed by atoms with Crippen LogP contribution in [-0.2, 0) is 4.79 Å². The number of amides is 1. The minimum absolute atomic E-state index is 0.0244. The highest BCUT2D eigenvalue weighted by molar-refractivity contribution is 5.89. The van der Waals surface area contributed by atoms with Crippen molar-refractivity contribution in [1.82, 2.24) is 10.4 Å². The summed E-state index contributed by atoms with van der Waals surface area (Å²) in [5.74, 6) is 1.00. The maximum atomic E-state index is 11.5. The third kappa shape index (κ3) is 2.70. The van der Waals surface area contributed by atoms with Crippen molar-refractivity contribution in [2.45, 2.75) is 20.3 Å². The van der Waals surface area contributed by atoms with E-state index in [0.29, 0.717) is 19.6 Å². The van der Waals surface area contributed by atoms with Gasteiger partial charge in [0, 0.05) is 25.4 Å². The van der Waals surface area contributed by atoms with Gasteiger partial charge in [-0.3, -0.25) is 20.2 Å². The topological polar surface area (TPSA) is 70.7 Å². The maximum Gasteiger partial charge on any atom is 0.243 e. The van der Waals surface area contributed by atoms with Crippen molar-refractivity contribution in [3.05, 3.63) is 0 Å². The molecule has 0 atom stereocenters. The molecule has 1 aliphatic rings. The molecule has 0 aromatic carbocycles. The average Bonchev–Trinajstić information content (AvgIpc) is 2.61. The number of carbonyl (C=O) groups is 1. The van der Waals surface area contributed by atoms with Gasteiger partial charge in [-0.25, -0.2) is 0 Å². The number of carbonyl (C=O) groups excluding carboxylic acids is 1. The second kappa shape index (κ2) is 4.95. The number of nitrogens with two attached hydrogens (primary N) is 1. The molecule has 0 aromatic heterocycles. The summed E-state index contributed by atoms with van der Waals surface area (Å²) in [5, 5.41) is 1.63. The summed E-state index contributed by atoms with van der Waals surface area (Å²) in [7, 11) is 0. The van der Waals surface area contributed by atoms with Crippen LogP contribution in [0.15, 0.2) is 4.99 Å². The number of hydrazine groups is 1. The molecular weight excluding hydrogens is 180 g/mol. The summed E-state index contributed by atoms with van der Waals surface area (Å²) < 4.78 is 0. The third-order valence-electron chi connectivity index (χ3n) is 2.03. The normalized spacial score (nSPS) is 19.1. The SMILES string of the molecule is CC(C)C(=O)N1CCC(=NCCN)N1. The van der Waals surface area contributed by atoms with E-state index in [4.69, 9.17) is 5.73 Å². The van der Waals surface area contributed by atoms with Crippen LogP contribution in [0.2, 0.25) is 0 Å². The van der Waals surface area contributed by atoms with Gasteiger partial charge in [0.15, 0.2) is 0 Å². The van der Waals surface area contributed by atoms with E-state index in [1.807, 2.05) is 13.8 Å². The van der Waals surface area contributed by atoms with E-state index in [9.17, 15) is 4.79 Å². The van der Waals surface area contributed by atoms with Crippen LogP contribution in [0.4, 0.5) is 0 Å². The fourth-order valence-corrected chi connectivity index (χ4v) is 1.28. The Hall–Kier alpha value is -1.10. The fraction of sp³-hybridized carbons (Fsp3) is 0.778. The van der Waals surface area contributed by atoms with E-state index in [0.717, 1.165) is 12.3 Å². The van der Waals surface area contributed by atoms with E-state index in [-0.39, 0.29) is 11.8 Å². The smallest absolute Gasteiger partial charge is 0.243 e. The first-order chi connectivity index (χ1) is 6.65. The van der Waals surface area contributed by atoms with Crippen LogP contribution in [0, 0.1) is 5.92 Å². The zero-order chi connectivity index (χ0) is 10.6. The Morgan fingerprint density at radius 3 is 3.00 bits per heavy atom. The van der Waals surface area contributed by atoms with Gasteiger partial charge < -0.3 is 5.73 Å². The van der Waals surface area contributed by atoms with E-state index >= 15 is 0 Å². The predicted octanol–water partition coefficient (Wildman–Crippen LogP) is -0.263. The largest absolute Gasteiger partial charge is 0.329 e. The minimum atomic E-state index is 0.0244. The molecule has 1 rings (SSSR count). The molecule has 3 N–H and O–H groups in total. The molecule has 5 nitrogen and oxygen atoms in total. The molecule has 0 unspecified atom stereocenters.